The van der Waals surface area contributed by atoms with Crippen LogP contribution in [0.25, 0.3) is 0 Å². The monoisotopic (exact) mass is 383 g/mol. The number of ether oxygens (including phenoxy) is 2. The minimum Gasteiger partial charge on any atom is -0.496 e. The molecule has 2 aliphatic rings. The first-order valence-corrected chi connectivity index (χ1v) is 10.8. The summed E-state index contributed by atoms with van der Waals surface area (Å²) in [6.07, 6.45) is 4.01. The van der Waals surface area contributed by atoms with Crippen LogP contribution in [0.4, 0.5) is 0 Å². The maximum Gasteiger partial charge on any atom is 0.277 e. The molecule has 0 bridgehead atoms. The summed E-state index contributed by atoms with van der Waals surface area (Å²) in [5, 5.41) is 0. The van der Waals surface area contributed by atoms with E-state index in [0.29, 0.717) is 19.8 Å². The van der Waals surface area contributed by atoms with E-state index < -0.39 is 10.2 Å². The summed E-state index contributed by atoms with van der Waals surface area (Å²) in [6, 6.07) is 7.74. The van der Waals surface area contributed by atoms with Crippen molar-refractivity contribution in [2.75, 3.05) is 40.0 Å². The number of nitrogens with zero attached hydrogens (tertiary/aromatic N) is 1. The van der Waals surface area contributed by atoms with E-state index in [-0.39, 0.29) is 12.1 Å². The molecule has 3 rings (SSSR count). The molecule has 1 aliphatic carbocycles. The molecular formula is C18H29N3O4S. The summed E-state index contributed by atoms with van der Waals surface area (Å²) in [5.74, 6) is 0.770. The number of nitrogens with one attached hydrogen (secondary N) is 2. The third kappa shape index (κ3) is 5.17. The molecule has 2 fully saturated rings. The zero-order chi connectivity index (χ0) is 18.4. The van der Waals surface area contributed by atoms with Crippen LogP contribution in [0.2, 0.25) is 0 Å². The van der Waals surface area contributed by atoms with Crippen molar-refractivity contribution in [1.29, 1.82) is 0 Å². The number of hydrogen-bond donors (Lipinski definition) is 2. The van der Waals surface area contributed by atoms with Crippen LogP contribution < -0.4 is 14.2 Å². The summed E-state index contributed by atoms with van der Waals surface area (Å²) in [6.45, 7) is 3.13. The van der Waals surface area contributed by atoms with Gasteiger partial charge in [-0.2, -0.15) is 13.1 Å². The standard InChI is InChI=1S/C18H29N3O4S/c1-24-18-9-5-4-8-16(18)17(21-10-12-25-13-11-21)14-19-26(22,23)20-15-6-2-3-7-15/h4-5,8-9,15,17,19-20H,2-3,6-7,10-14H2,1H3. The lowest BCUT2D eigenvalue weighted by Crippen LogP contribution is -2.47. The Morgan fingerprint density at radius 3 is 2.62 bits per heavy atom. The second kappa shape index (κ2) is 9.14. The average molecular weight is 384 g/mol. The Balaban J connectivity index is 1.72. The largest absolute Gasteiger partial charge is 0.496 e. The normalized spacial score (nSPS) is 21.0. The van der Waals surface area contributed by atoms with Crippen LogP contribution in [0.15, 0.2) is 24.3 Å². The molecule has 1 aliphatic heterocycles. The number of methoxy groups -OCH3 is 1. The van der Waals surface area contributed by atoms with Crippen LogP contribution >= 0.6 is 0 Å². The van der Waals surface area contributed by atoms with Crippen molar-refractivity contribution in [1.82, 2.24) is 14.3 Å². The van der Waals surface area contributed by atoms with Crippen molar-refractivity contribution in [3.8, 4) is 5.75 Å². The number of morpholine rings is 1. The summed E-state index contributed by atoms with van der Waals surface area (Å²) in [5.41, 5.74) is 0.987. The van der Waals surface area contributed by atoms with E-state index in [0.717, 1.165) is 50.1 Å². The van der Waals surface area contributed by atoms with E-state index in [4.69, 9.17) is 9.47 Å². The molecule has 8 heteroatoms. The van der Waals surface area contributed by atoms with E-state index >= 15 is 0 Å². The van der Waals surface area contributed by atoms with Gasteiger partial charge in [0.2, 0.25) is 0 Å². The minimum absolute atomic E-state index is 0.0561. The predicted molar refractivity (Wildman–Crippen MR) is 100 cm³/mol. The van der Waals surface area contributed by atoms with Crippen LogP contribution in [-0.2, 0) is 14.9 Å². The Morgan fingerprint density at radius 2 is 1.92 bits per heavy atom. The highest BCUT2D eigenvalue weighted by atomic mass is 32.2. The molecule has 0 amide bonds. The summed E-state index contributed by atoms with van der Waals surface area (Å²) in [7, 11) is -1.89. The van der Waals surface area contributed by atoms with Gasteiger partial charge in [-0.3, -0.25) is 4.90 Å². The number of rotatable bonds is 8. The molecule has 0 spiro atoms. The molecule has 0 aromatic heterocycles. The van der Waals surface area contributed by atoms with Gasteiger partial charge >= 0.3 is 0 Å². The van der Waals surface area contributed by atoms with Gasteiger partial charge in [0.05, 0.1) is 26.4 Å². The zero-order valence-electron chi connectivity index (χ0n) is 15.3. The van der Waals surface area contributed by atoms with Crippen molar-refractivity contribution in [2.24, 2.45) is 0 Å². The molecule has 1 atom stereocenters. The van der Waals surface area contributed by atoms with E-state index in [2.05, 4.69) is 14.3 Å². The van der Waals surface area contributed by atoms with Crippen molar-refractivity contribution in [3.63, 3.8) is 0 Å². The quantitative estimate of drug-likeness (QED) is 0.710. The Bertz CT molecular complexity index is 671. The van der Waals surface area contributed by atoms with Gasteiger partial charge in [0.25, 0.3) is 10.2 Å². The van der Waals surface area contributed by atoms with E-state index in [1.807, 2.05) is 24.3 Å². The van der Waals surface area contributed by atoms with Gasteiger partial charge in [-0.05, 0) is 18.9 Å². The zero-order valence-corrected chi connectivity index (χ0v) is 16.1. The highest BCUT2D eigenvalue weighted by molar-refractivity contribution is 7.87. The Kier molecular flexibility index (Phi) is 6.88. The van der Waals surface area contributed by atoms with Crippen molar-refractivity contribution in [3.05, 3.63) is 29.8 Å². The third-order valence-corrected chi connectivity index (χ3v) is 6.32. The molecule has 146 valence electrons. The second-order valence-corrected chi connectivity index (χ2v) is 8.39. The van der Waals surface area contributed by atoms with Crippen LogP contribution in [0.3, 0.4) is 0 Å². The second-order valence-electron chi connectivity index (χ2n) is 6.86. The molecule has 1 saturated carbocycles. The van der Waals surface area contributed by atoms with Crippen molar-refractivity contribution < 1.29 is 17.9 Å². The maximum atomic E-state index is 12.5. The third-order valence-electron chi connectivity index (χ3n) is 5.13. The van der Waals surface area contributed by atoms with Gasteiger partial charge in [-0.1, -0.05) is 31.0 Å². The van der Waals surface area contributed by atoms with Gasteiger partial charge in [0.1, 0.15) is 5.75 Å². The fourth-order valence-corrected chi connectivity index (χ4v) is 4.90. The maximum absolute atomic E-state index is 12.5. The lowest BCUT2D eigenvalue weighted by molar-refractivity contribution is 0.0167. The molecule has 1 heterocycles. The van der Waals surface area contributed by atoms with Gasteiger partial charge in [-0.25, -0.2) is 4.72 Å². The minimum atomic E-state index is -3.53. The van der Waals surface area contributed by atoms with Gasteiger partial charge in [0, 0.05) is 31.2 Å². The average Bonchev–Trinajstić information content (AvgIpc) is 3.15. The number of benzene rings is 1. The summed E-state index contributed by atoms with van der Waals surface area (Å²) in [4.78, 5) is 2.25. The van der Waals surface area contributed by atoms with Crippen LogP contribution in [0, 0.1) is 0 Å². The molecule has 7 nitrogen and oxygen atoms in total. The van der Waals surface area contributed by atoms with E-state index in [9.17, 15) is 8.42 Å². The first-order valence-electron chi connectivity index (χ1n) is 9.30. The first-order chi connectivity index (χ1) is 12.6. The molecule has 1 aromatic rings. The first kappa shape index (κ1) is 19.6. The van der Waals surface area contributed by atoms with Crippen molar-refractivity contribution >= 4 is 10.2 Å². The topological polar surface area (TPSA) is 79.9 Å². The number of hydrogen-bond acceptors (Lipinski definition) is 5. The Labute approximate surface area is 156 Å². The Hall–Kier alpha value is -1.19. The van der Waals surface area contributed by atoms with Gasteiger partial charge in [0.15, 0.2) is 0 Å². The van der Waals surface area contributed by atoms with Crippen molar-refractivity contribution in [2.45, 2.75) is 37.8 Å². The highest BCUT2D eigenvalue weighted by Gasteiger charge is 2.28. The lowest BCUT2D eigenvalue weighted by Gasteiger charge is -2.35. The highest BCUT2D eigenvalue weighted by Crippen LogP contribution is 2.29. The summed E-state index contributed by atoms with van der Waals surface area (Å²) < 4.78 is 41.4. The van der Waals surface area contributed by atoms with E-state index in [1.165, 1.54) is 0 Å². The SMILES string of the molecule is COc1ccccc1C(CNS(=O)(=O)NC1CCCC1)N1CCOCC1. The lowest BCUT2D eigenvalue weighted by atomic mass is 10.0. The van der Waals surface area contributed by atoms with Crippen LogP contribution in [0.5, 0.6) is 5.75 Å². The predicted octanol–water partition coefficient (Wildman–Crippen LogP) is 1.44. The molecule has 26 heavy (non-hydrogen) atoms. The molecule has 2 N–H and O–H groups in total. The van der Waals surface area contributed by atoms with Gasteiger partial charge < -0.3 is 9.47 Å². The van der Waals surface area contributed by atoms with Crippen LogP contribution in [-0.4, -0.2) is 59.3 Å². The van der Waals surface area contributed by atoms with Gasteiger partial charge in [-0.15, -0.1) is 0 Å². The fraction of sp³-hybridized carbons (Fsp3) is 0.667. The summed E-state index contributed by atoms with van der Waals surface area (Å²) >= 11 is 0. The molecule has 1 aromatic carbocycles. The Morgan fingerprint density at radius 1 is 1.23 bits per heavy atom. The molecule has 1 unspecified atom stereocenters. The smallest absolute Gasteiger partial charge is 0.277 e. The van der Waals surface area contributed by atoms with E-state index in [1.54, 1.807) is 7.11 Å². The number of para-hydroxylation sites is 1. The molecule has 0 radical (unpaired) electrons. The fourth-order valence-electron chi connectivity index (χ4n) is 3.76. The molecular weight excluding hydrogens is 354 g/mol. The van der Waals surface area contributed by atoms with Crippen LogP contribution in [0.1, 0.15) is 37.3 Å². The molecule has 1 saturated heterocycles.